The molecule has 0 atom stereocenters. The van der Waals surface area contributed by atoms with Crippen LogP contribution >= 0.6 is 0 Å². The van der Waals surface area contributed by atoms with Gasteiger partial charge in [0.15, 0.2) is 22.9 Å². The first-order chi connectivity index (χ1) is 14.1. The van der Waals surface area contributed by atoms with Crippen molar-refractivity contribution in [2.45, 2.75) is 6.54 Å². The monoisotopic (exact) mass is 388 g/mol. The van der Waals surface area contributed by atoms with Crippen molar-refractivity contribution in [3.63, 3.8) is 0 Å². The second kappa shape index (κ2) is 6.56. The molecule has 5 rings (SSSR count). The lowest BCUT2D eigenvalue weighted by Gasteiger charge is -2.12. The van der Waals surface area contributed by atoms with Gasteiger partial charge in [-0.05, 0) is 29.3 Å². The van der Waals surface area contributed by atoms with Crippen LogP contribution in [-0.4, -0.2) is 32.5 Å². The first kappa shape index (κ1) is 17.1. The summed E-state index contributed by atoms with van der Waals surface area (Å²) in [6, 6.07) is 17.2. The predicted octanol–water partition coefficient (Wildman–Crippen LogP) is 3.88. The highest BCUT2D eigenvalue weighted by atomic mass is 16.7. The van der Waals surface area contributed by atoms with Crippen molar-refractivity contribution in [3.05, 3.63) is 72.1 Å². The SMILES string of the molecule is O=C(O)c1ncc2c(cc(-c3ccccc3)n2Cc2ccc3c(c2)OCO3)c1O. The molecule has 144 valence electrons. The largest absolute Gasteiger partial charge is 0.505 e. The Kier molecular flexibility index (Phi) is 3.87. The molecule has 0 spiro atoms. The topological polar surface area (TPSA) is 93.8 Å². The Hall–Kier alpha value is -4.00. The average Bonchev–Trinajstić information content (AvgIpc) is 3.34. The number of pyridine rings is 1. The quantitative estimate of drug-likeness (QED) is 0.551. The summed E-state index contributed by atoms with van der Waals surface area (Å²) in [5.74, 6) is -0.208. The second-order valence-corrected chi connectivity index (χ2v) is 6.73. The van der Waals surface area contributed by atoms with Crippen LogP contribution in [0.5, 0.6) is 17.2 Å². The smallest absolute Gasteiger partial charge is 0.358 e. The van der Waals surface area contributed by atoms with Crippen molar-refractivity contribution in [2.75, 3.05) is 6.79 Å². The van der Waals surface area contributed by atoms with Gasteiger partial charge in [0.1, 0.15) is 0 Å². The van der Waals surface area contributed by atoms with E-state index in [2.05, 4.69) is 4.98 Å². The number of carboxylic acid groups (broad SMARTS) is 1. The van der Waals surface area contributed by atoms with E-state index in [1.165, 1.54) is 6.20 Å². The molecule has 2 aromatic heterocycles. The first-order valence-electron chi connectivity index (χ1n) is 9.00. The molecule has 3 heterocycles. The molecule has 0 fully saturated rings. The van der Waals surface area contributed by atoms with Crippen LogP contribution in [0.4, 0.5) is 0 Å². The van der Waals surface area contributed by atoms with Crippen LogP contribution in [0.2, 0.25) is 0 Å². The van der Waals surface area contributed by atoms with Crippen LogP contribution in [0.3, 0.4) is 0 Å². The van der Waals surface area contributed by atoms with E-state index in [0.717, 1.165) is 16.8 Å². The molecule has 0 unspecified atom stereocenters. The summed E-state index contributed by atoms with van der Waals surface area (Å²) in [5.41, 5.74) is 3.05. The van der Waals surface area contributed by atoms with E-state index in [1.54, 1.807) is 6.07 Å². The van der Waals surface area contributed by atoms with Crippen molar-refractivity contribution in [3.8, 4) is 28.5 Å². The minimum atomic E-state index is -1.27. The van der Waals surface area contributed by atoms with E-state index in [-0.39, 0.29) is 18.2 Å². The van der Waals surface area contributed by atoms with Crippen LogP contribution in [0.25, 0.3) is 22.2 Å². The van der Waals surface area contributed by atoms with Crippen molar-refractivity contribution in [1.29, 1.82) is 0 Å². The predicted molar refractivity (Wildman–Crippen MR) is 105 cm³/mol. The van der Waals surface area contributed by atoms with E-state index in [9.17, 15) is 15.0 Å². The standard InChI is InChI=1S/C22H16N2O5/c25-21-15-9-16(14-4-2-1-3-5-14)24(17(15)10-23-20(21)22(26)27)11-13-6-7-18-19(8-13)29-12-28-18/h1-10,25H,11-12H2,(H,26,27). The zero-order valence-corrected chi connectivity index (χ0v) is 15.2. The molecule has 1 aliphatic rings. The number of fused-ring (bicyclic) bond motifs is 2. The van der Waals surface area contributed by atoms with Gasteiger partial charge in [-0.15, -0.1) is 0 Å². The molecule has 2 aromatic carbocycles. The number of hydrogen-bond donors (Lipinski definition) is 2. The van der Waals surface area contributed by atoms with Crippen LogP contribution in [0.1, 0.15) is 16.1 Å². The minimum absolute atomic E-state index is 0.205. The average molecular weight is 388 g/mol. The van der Waals surface area contributed by atoms with E-state index in [4.69, 9.17) is 9.47 Å². The molecule has 4 aromatic rings. The van der Waals surface area contributed by atoms with Gasteiger partial charge in [-0.25, -0.2) is 9.78 Å². The zero-order chi connectivity index (χ0) is 20.0. The summed E-state index contributed by atoms with van der Waals surface area (Å²) < 4.78 is 12.8. The van der Waals surface area contributed by atoms with E-state index in [1.807, 2.05) is 53.1 Å². The van der Waals surface area contributed by atoms with Gasteiger partial charge < -0.3 is 24.3 Å². The molecule has 0 radical (unpaired) electrons. The van der Waals surface area contributed by atoms with Crippen LogP contribution in [0.15, 0.2) is 60.8 Å². The van der Waals surface area contributed by atoms with Gasteiger partial charge in [0.25, 0.3) is 0 Å². The number of hydrogen-bond acceptors (Lipinski definition) is 5. The molecule has 0 bridgehead atoms. The van der Waals surface area contributed by atoms with Crippen molar-refractivity contribution >= 4 is 16.9 Å². The Morgan fingerprint density at radius 1 is 1.07 bits per heavy atom. The lowest BCUT2D eigenvalue weighted by Crippen LogP contribution is -2.04. The van der Waals surface area contributed by atoms with Gasteiger partial charge in [0.05, 0.1) is 11.7 Å². The normalized spacial score (nSPS) is 12.4. The number of carbonyl (C=O) groups is 1. The van der Waals surface area contributed by atoms with E-state index in [0.29, 0.717) is 28.9 Å². The molecular weight excluding hydrogens is 372 g/mol. The van der Waals surface area contributed by atoms with Crippen LogP contribution in [-0.2, 0) is 6.54 Å². The molecule has 29 heavy (non-hydrogen) atoms. The van der Waals surface area contributed by atoms with Gasteiger partial charge in [0.2, 0.25) is 6.79 Å². The summed E-state index contributed by atoms with van der Waals surface area (Å²) in [6.07, 6.45) is 1.48. The van der Waals surface area contributed by atoms with Gasteiger partial charge >= 0.3 is 5.97 Å². The van der Waals surface area contributed by atoms with E-state index >= 15 is 0 Å². The zero-order valence-electron chi connectivity index (χ0n) is 15.2. The third-order valence-corrected chi connectivity index (χ3v) is 4.98. The summed E-state index contributed by atoms with van der Waals surface area (Å²) in [5, 5.41) is 20.2. The first-order valence-corrected chi connectivity index (χ1v) is 9.00. The number of aromatic nitrogens is 2. The molecule has 2 N–H and O–H groups in total. The maximum atomic E-state index is 11.4. The maximum Gasteiger partial charge on any atom is 0.358 e. The molecule has 0 saturated carbocycles. The highest BCUT2D eigenvalue weighted by molar-refractivity contribution is 5.99. The maximum absolute atomic E-state index is 11.4. The number of aromatic hydroxyl groups is 1. The summed E-state index contributed by atoms with van der Waals surface area (Å²) in [4.78, 5) is 15.3. The molecule has 7 nitrogen and oxygen atoms in total. The number of benzene rings is 2. The number of nitrogens with zero attached hydrogens (tertiary/aromatic N) is 2. The van der Waals surface area contributed by atoms with Crippen molar-refractivity contribution in [1.82, 2.24) is 9.55 Å². The van der Waals surface area contributed by atoms with Gasteiger partial charge in [-0.3, -0.25) is 0 Å². The van der Waals surface area contributed by atoms with Gasteiger partial charge in [-0.2, -0.15) is 0 Å². The van der Waals surface area contributed by atoms with Crippen LogP contribution < -0.4 is 9.47 Å². The Morgan fingerprint density at radius 2 is 1.86 bits per heavy atom. The molecule has 7 heteroatoms. The van der Waals surface area contributed by atoms with Crippen molar-refractivity contribution < 1.29 is 24.5 Å². The Balaban J connectivity index is 1.69. The minimum Gasteiger partial charge on any atom is -0.505 e. The fourth-order valence-electron chi connectivity index (χ4n) is 3.60. The fourth-order valence-corrected chi connectivity index (χ4v) is 3.60. The third kappa shape index (κ3) is 2.84. The summed E-state index contributed by atoms with van der Waals surface area (Å²) >= 11 is 0. The Morgan fingerprint density at radius 3 is 2.66 bits per heavy atom. The number of aromatic carboxylic acids is 1. The van der Waals surface area contributed by atoms with Gasteiger partial charge in [0, 0.05) is 17.6 Å². The van der Waals surface area contributed by atoms with Gasteiger partial charge in [-0.1, -0.05) is 36.4 Å². The highest BCUT2D eigenvalue weighted by Crippen LogP contribution is 2.37. The molecule has 0 aliphatic carbocycles. The molecule has 0 saturated heterocycles. The fraction of sp³-hybridized carbons (Fsp3) is 0.0909. The summed E-state index contributed by atoms with van der Waals surface area (Å²) in [6.45, 7) is 0.689. The van der Waals surface area contributed by atoms with Crippen LogP contribution in [0, 0.1) is 0 Å². The summed E-state index contributed by atoms with van der Waals surface area (Å²) in [7, 11) is 0. The Bertz CT molecular complexity index is 1250. The number of ether oxygens (including phenoxy) is 2. The number of carboxylic acids is 1. The van der Waals surface area contributed by atoms with Crippen molar-refractivity contribution in [2.24, 2.45) is 0 Å². The molecule has 1 aliphatic heterocycles. The number of rotatable bonds is 4. The lowest BCUT2D eigenvalue weighted by atomic mass is 10.1. The molecular formula is C22H16N2O5. The van der Waals surface area contributed by atoms with E-state index < -0.39 is 5.97 Å². The Labute approximate surface area is 165 Å². The third-order valence-electron chi connectivity index (χ3n) is 4.98. The molecule has 0 amide bonds. The highest BCUT2D eigenvalue weighted by Gasteiger charge is 2.21. The lowest BCUT2D eigenvalue weighted by molar-refractivity contribution is 0.0687. The second-order valence-electron chi connectivity index (χ2n) is 6.73.